The Bertz CT molecular complexity index is 293. The molecule has 13 heavy (non-hydrogen) atoms. The van der Waals surface area contributed by atoms with E-state index in [1.807, 2.05) is 0 Å². The molecule has 2 N–H and O–H groups in total. The van der Waals surface area contributed by atoms with Gasteiger partial charge in [-0.2, -0.15) is 0 Å². The number of methoxy groups -OCH3 is 1. The van der Waals surface area contributed by atoms with E-state index in [2.05, 4.69) is 0 Å². The van der Waals surface area contributed by atoms with Crippen molar-refractivity contribution in [1.29, 1.82) is 0 Å². The van der Waals surface area contributed by atoms with Gasteiger partial charge in [0.1, 0.15) is 5.82 Å². The fourth-order valence-corrected chi connectivity index (χ4v) is 1.14. The maximum absolute atomic E-state index is 13.0. The van der Waals surface area contributed by atoms with Crippen LogP contribution in [0.4, 0.5) is 4.39 Å². The Morgan fingerprint density at radius 2 is 2.31 bits per heavy atom. The number of ether oxygens (including phenoxy) is 1. The summed E-state index contributed by atoms with van der Waals surface area (Å²) in [5, 5.41) is 0.105. The third kappa shape index (κ3) is 2.66. The summed E-state index contributed by atoms with van der Waals surface area (Å²) in [7, 11) is 1.55. The molecule has 0 aromatic heterocycles. The van der Waals surface area contributed by atoms with Crippen LogP contribution < -0.4 is 5.73 Å². The highest BCUT2D eigenvalue weighted by Gasteiger charge is 2.07. The molecule has 1 aromatic carbocycles. The minimum absolute atomic E-state index is 0.105. The molecule has 0 aliphatic rings. The lowest BCUT2D eigenvalue weighted by atomic mass is 10.1. The first-order chi connectivity index (χ1) is 6.15. The zero-order valence-corrected chi connectivity index (χ0v) is 8.01. The molecule has 72 valence electrons. The molecule has 1 aromatic rings. The molecule has 0 radical (unpaired) electrons. The van der Waals surface area contributed by atoms with E-state index in [0.717, 1.165) is 0 Å². The summed E-state index contributed by atoms with van der Waals surface area (Å²) in [6.45, 7) is 0.362. The molecule has 1 rings (SSSR count). The van der Waals surface area contributed by atoms with Gasteiger partial charge >= 0.3 is 0 Å². The van der Waals surface area contributed by atoms with E-state index in [9.17, 15) is 4.39 Å². The van der Waals surface area contributed by atoms with Crippen LogP contribution in [0.25, 0.3) is 0 Å². The lowest BCUT2D eigenvalue weighted by molar-refractivity contribution is 0.181. The van der Waals surface area contributed by atoms with Gasteiger partial charge in [0.05, 0.1) is 17.7 Å². The number of halogens is 2. The second kappa shape index (κ2) is 4.56. The average Bonchev–Trinajstić information content (AvgIpc) is 2.10. The van der Waals surface area contributed by atoms with Crippen molar-refractivity contribution in [1.82, 2.24) is 0 Å². The van der Waals surface area contributed by atoms with Crippen molar-refractivity contribution in [3.63, 3.8) is 0 Å². The normalized spacial score (nSPS) is 12.9. The van der Waals surface area contributed by atoms with Gasteiger partial charge in [-0.15, -0.1) is 0 Å². The van der Waals surface area contributed by atoms with Crippen LogP contribution in [-0.2, 0) is 4.74 Å². The summed E-state index contributed by atoms with van der Waals surface area (Å²) < 4.78 is 17.8. The molecule has 2 nitrogen and oxygen atoms in total. The number of hydrogen-bond acceptors (Lipinski definition) is 2. The van der Waals surface area contributed by atoms with Crippen molar-refractivity contribution >= 4 is 11.6 Å². The van der Waals surface area contributed by atoms with Crippen LogP contribution >= 0.6 is 11.6 Å². The zero-order valence-electron chi connectivity index (χ0n) is 7.26. The topological polar surface area (TPSA) is 35.2 Å². The Hall–Kier alpha value is -0.640. The fraction of sp³-hybridized carbons (Fsp3) is 0.333. The molecule has 4 heteroatoms. The van der Waals surface area contributed by atoms with Crippen LogP contribution in [0.2, 0.25) is 5.02 Å². The molecule has 0 saturated carbocycles. The Morgan fingerprint density at radius 1 is 1.62 bits per heavy atom. The zero-order chi connectivity index (χ0) is 9.84. The maximum atomic E-state index is 13.0. The predicted molar refractivity (Wildman–Crippen MR) is 50.2 cm³/mol. The Balaban J connectivity index is 2.84. The highest BCUT2D eigenvalue weighted by molar-refractivity contribution is 6.30. The van der Waals surface area contributed by atoms with Gasteiger partial charge in [-0.25, -0.2) is 4.39 Å². The number of hydrogen-bond donors (Lipinski definition) is 1. The summed E-state index contributed by atoms with van der Waals surface area (Å²) in [5.41, 5.74) is 6.37. The van der Waals surface area contributed by atoms with E-state index in [1.54, 1.807) is 13.2 Å². The van der Waals surface area contributed by atoms with Gasteiger partial charge in [0.25, 0.3) is 0 Å². The first-order valence-corrected chi connectivity index (χ1v) is 4.22. The van der Waals surface area contributed by atoms with Crippen LogP contribution in [0.3, 0.4) is 0 Å². The van der Waals surface area contributed by atoms with Crippen molar-refractivity contribution in [3.05, 3.63) is 34.6 Å². The van der Waals surface area contributed by atoms with Gasteiger partial charge in [0.2, 0.25) is 0 Å². The number of benzene rings is 1. The van der Waals surface area contributed by atoms with E-state index in [4.69, 9.17) is 22.1 Å². The van der Waals surface area contributed by atoms with Crippen molar-refractivity contribution in [3.8, 4) is 0 Å². The molecule has 0 spiro atoms. The minimum atomic E-state index is -0.453. The highest BCUT2D eigenvalue weighted by atomic mass is 35.5. The second-order valence-electron chi connectivity index (χ2n) is 2.74. The first-order valence-electron chi connectivity index (χ1n) is 3.84. The minimum Gasteiger partial charge on any atom is -0.383 e. The fourth-order valence-electron chi connectivity index (χ4n) is 1.02. The summed E-state index contributed by atoms with van der Waals surface area (Å²) in [5.74, 6) is -0.453. The molecule has 1 unspecified atom stereocenters. The summed E-state index contributed by atoms with van der Waals surface area (Å²) in [4.78, 5) is 0. The van der Waals surface area contributed by atoms with Crippen LogP contribution in [0.1, 0.15) is 11.6 Å². The molecular weight excluding hydrogens is 193 g/mol. The molecule has 0 amide bonds. The van der Waals surface area contributed by atoms with Gasteiger partial charge in [-0.1, -0.05) is 17.7 Å². The summed E-state index contributed by atoms with van der Waals surface area (Å²) in [6, 6.07) is 4.19. The molecule has 0 aliphatic heterocycles. The Kier molecular flexibility index (Phi) is 3.66. The molecule has 0 aliphatic carbocycles. The predicted octanol–water partition coefficient (Wildman–Crippen LogP) is 2.13. The molecule has 0 saturated heterocycles. The second-order valence-corrected chi connectivity index (χ2v) is 3.14. The van der Waals surface area contributed by atoms with Crippen LogP contribution in [0.15, 0.2) is 18.2 Å². The number of rotatable bonds is 3. The van der Waals surface area contributed by atoms with E-state index >= 15 is 0 Å². The van der Waals surface area contributed by atoms with Gasteiger partial charge in [-0.05, 0) is 17.7 Å². The molecule has 0 fully saturated rings. The SMILES string of the molecule is COCC(N)c1ccc(Cl)c(F)c1. The maximum Gasteiger partial charge on any atom is 0.142 e. The van der Waals surface area contributed by atoms with Gasteiger partial charge in [-0.3, -0.25) is 0 Å². The van der Waals surface area contributed by atoms with E-state index in [0.29, 0.717) is 12.2 Å². The lowest BCUT2D eigenvalue weighted by Gasteiger charge is -2.10. The van der Waals surface area contributed by atoms with Gasteiger partial charge < -0.3 is 10.5 Å². The van der Waals surface area contributed by atoms with Crippen molar-refractivity contribution in [2.75, 3.05) is 13.7 Å². The largest absolute Gasteiger partial charge is 0.383 e. The molecule has 0 heterocycles. The monoisotopic (exact) mass is 203 g/mol. The average molecular weight is 204 g/mol. The van der Waals surface area contributed by atoms with Gasteiger partial charge in [0, 0.05) is 7.11 Å². The van der Waals surface area contributed by atoms with E-state index < -0.39 is 5.82 Å². The van der Waals surface area contributed by atoms with Crippen molar-refractivity contribution < 1.29 is 9.13 Å². The first kappa shape index (κ1) is 10.4. The van der Waals surface area contributed by atoms with Crippen molar-refractivity contribution in [2.45, 2.75) is 6.04 Å². The Morgan fingerprint density at radius 3 is 2.85 bits per heavy atom. The van der Waals surface area contributed by atoms with Gasteiger partial charge in [0.15, 0.2) is 0 Å². The smallest absolute Gasteiger partial charge is 0.142 e. The van der Waals surface area contributed by atoms with Crippen LogP contribution in [0, 0.1) is 5.82 Å². The molecule has 0 bridgehead atoms. The Labute approximate surface area is 81.4 Å². The molecule has 1 atom stereocenters. The van der Waals surface area contributed by atoms with E-state index in [1.165, 1.54) is 12.1 Å². The highest BCUT2D eigenvalue weighted by Crippen LogP contribution is 2.19. The summed E-state index contributed by atoms with van der Waals surface area (Å²) >= 11 is 5.52. The van der Waals surface area contributed by atoms with Crippen LogP contribution in [-0.4, -0.2) is 13.7 Å². The third-order valence-electron chi connectivity index (χ3n) is 1.72. The third-order valence-corrected chi connectivity index (χ3v) is 2.02. The lowest BCUT2D eigenvalue weighted by Crippen LogP contribution is -2.16. The quantitative estimate of drug-likeness (QED) is 0.817. The van der Waals surface area contributed by atoms with Crippen molar-refractivity contribution in [2.24, 2.45) is 5.73 Å². The van der Waals surface area contributed by atoms with E-state index in [-0.39, 0.29) is 11.1 Å². The number of nitrogens with two attached hydrogens (primary N) is 1. The molecular formula is C9H11ClFNO. The summed E-state index contributed by atoms with van der Waals surface area (Å²) in [6.07, 6.45) is 0. The van der Waals surface area contributed by atoms with Crippen LogP contribution in [0.5, 0.6) is 0 Å². The standard InChI is InChI=1S/C9H11ClFNO/c1-13-5-9(12)6-2-3-7(10)8(11)4-6/h2-4,9H,5,12H2,1H3.